The van der Waals surface area contributed by atoms with E-state index in [-0.39, 0.29) is 11.4 Å². The Balaban J connectivity index is 2.18. The lowest BCUT2D eigenvalue weighted by atomic mass is 10.3. The van der Waals surface area contributed by atoms with Gasteiger partial charge in [-0.25, -0.2) is 5.01 Å². The lowest BCUT2D eigenvalue weighted by molar-refractivity contribution is -0.385. The number of nitrogens with zero attached hydrogens (tertiary/aromatic N) is 4. The lowest BCUT2D eigenvalue weighted by Crippen LogP contribution is -2.48. The number of carbonyl (C=O) groups excluding carboxylic acids is 1. The Bertz CT molecular complexity index is 506. The number of hydrazine groups is 1. The van der Waals surface area contributed by atoms with Gasteiger partial charge in [0, 0.05) is 20.1 Å². The van der Waals surface area contributed by atoms with Crippen LogP contribution in [0.25, 0.3) is 0 Å². The number of carbonyl (C=O) groups is 1. The minimum Gasteiger partial charge on any atom is -0.379 e. The molecule has 1 aliphatic rings. The average molecular weight is 269 g/mol. The van der Waals surface area contributed by atoms with Gasteiger partial charge in [0.1, 0.15) is 5.69 Å². The van der Waals surface area contributed by atoms with Crippen LogP contribution in [0.3, 0.4) is 0 Å². The fourth-order valence-corrected chi connectivity index (χ4v) is 1.84. The number of nitro groups is 1. The van der Waals surface area contributed by atoms with Crippen LogP contribution in [0.5, 0.6) is 0 Å². The van der Waals surface area contributed by atoms with Crippen LogP contribution in [0.1, 0.15) is 16.2 Å². The Hall–Kier alpha value is -2.00. The van der Waals surface area contributed by atoms with Gasteiger partial charge >= 0.3 is 5.69 Å². The summed E-state index contributed by atoms with van der Waals surface area (Å²) in [6.45, 7) is 3.68. The molecule has 0 spiro atoms. The molecule has 1 fully saturated rings. The van der Waals surface area contributed by atoms with E-state index in [2.05, 4.69) is 10.5 Å². The summed E-state index contributed by atoms with van der Waals surface area (Å²) in [5, 5.41) is 16.6. The molecule has 0 bridgehead atoms. The van der Waals surface area contributed by atoms with Gasteiger partial charge in [-0.15, -0.1) is 0 Å². The number of hydrogen-bond donors (Lipinski definition) is 1. The SMILES string of the molecule is Cc1c([N+](=O)[O-])c(C(=O)NN2CCOCC2)nn1C. The van der Waals surface area contributed by atoms with Gasteiger partial charge in [0.05, 0.1) is 18.1 Å². The van der Waals surface area contributed by atoms with E-state index in [0.717, 1.165) is 0 Å². The summed E-state index contributed by atoms with van der Waals surface area (Å²) in [7, 11) is 1.56. The van der Waals surface area contributed by atoms with Crippen LogP contribution in [0.15, 0.2) is 0 Å². The molecule has 0 atom stereocenters. The second-order valence-corrected chi connectivity index (χ2v) is 4.20. The second-order valence-electron chi connectivity index (χ2n) is 4.20. The fourth-order valence-electron chi connectivity index (χ4n) is 1.84. The first-order valence-electron chi connectivity index (χ1n) is 5.82. The summed E-state index contributed by atoms with van der Waals surface area (Å²) in [5.41, 5.74) is 2.52. The molecule has 1 aromatic rings. The van der Waals surface area contributed by atoms with E-state index in [0.29, 0.717) is 32.0 Å². The maximum Gasteiger partial charge on any atom is 0.322 e. The maximum atomic E-state index is 12.0. The van der Waals surface area contributed by atoms with Crippen molar-refractivity contribution in [3.8, 4) is 0 Å². The lowest BCUT2D eigenvalue weighted by Gasteiger charge is -2.26. The van der Waals surface area contributed by atoms with E-state index < -0.39 is 10.8 Å². The van der Waals surface area contributed by atoms with Crippen molar-refractivity contribution in [3.05, 3.63) is 21.5 Å². The Kier molecular flexibility index (Phi) is 3.76. The summed E-state index contributed by atoms with van der Waals surface area (Å²) in [5.74, 6) is -0.572. The zero-order chi connectivity index (χ0) is 14.0. The van der Waals surface area contributed by atoms with Gasteiger partial charge in [-0.2, -0.15) is 5.10 Å². The van der Waals surface area contributed by atoms with Gasteiger partial charge in [-0.05, 0) is 6.92 Å². The highest BCUT2D eigenvalue weighted by atomic mass is 16.6. The topological polar surface area (TPSA) is 103 Å². The molecule has 1 aliphatic heterocycles. The zero-order valence-corrected chi connectivity index (χ0v) is 10.8. The summed E-state index contributed by atoms with van der Waals surface area (Å²) in [6.07, 6.45) is 0. The molecule has 0 saturated carbocycles. The molecule has 9 nitrogen and oxygen atoms in total. The van der Waals surface area contributed by atoms with Crippen molar-refractivity contribution in [2.45, 2.75) is 6.92 Å². The van der Waals surface area contributed by atoms with E-state index in [1.54, 1.807) is 19.0 Å². The van der Waals surface area contributed by atoms with Crippen molar-refractivity contribution in [3.63, 3.8) is 0 Å². The van der Waals surface area contributed by atoms with Gasteiger partial charge in [0.15, 0.2) is 0 Å². The molecule has 1 aromatic heterocycles. The highest BCUT2D eigenvalue weighted by molar-refractivity contribution is 5.96. The fraction of sp³-hybridized carbons (Fsp3) is 0.600. The van der Waals surface area contributed by atoms with E-state index in [1.165, 1.54) is 4.68 Å². The molecule has 2 heterocycles. The monoisotopic (exact) mass is 269 g/mol. The summed E-state index contributed by atoms with van der Waals surface area (Å²) in [6, 6.07) is 0. The van der Waals surface area contributed by atoms with Gasteiger partial charge in [0.2, 0.25) is 5.69 Å². The number of morpholine rings is 1. The molecule has 1 N–H and O–H groups in total. The van der Waals surface area contributed by atoms with Crippen LogP contribution in [0.4, 0.5) is 5.69 Å². The van der Waals surface area contributed by atoms with Gasteiger partial charge in [-0.3, -0.25) is 25.0 Å². The number of aryl methyl sites for hydroxylation is 1. The van der Waals surface area contributed by atoms with Crippen molar-refractivity contribution in [2.24, 2.45) is 7.05 Å². The van der Waals surface area contributed by atoms with Crippen molar-refractivity contribution in [1.82, 2.24) is 20.2 Å². The van der Waals surface area contributed by atoms with Crippen LogP contribution in [0.2, 0.25) is 0 Å². The minimum absolute atomic E-state index is 0.170. The molecule has 0 unspecified atom stereocenters. The van der Waals surface area contributed by atoms with Crippen LogP contribution in [0, 0.1) is 17.0 Å². The molecule has 0 aliphatic carbocycles. The van der Waals surface area contributed by atoms with Crippen molar-refractivity contribution in [2.75, 3.05) is 26.3 Å². The van der Waals surface area contributed by atoms with Crippen molar-refractivity contribution >= 4 is 11.6 Å². The third kappa shape index (κ3) is 2.71. The molecular formula is C10H15N5O4. The molecule has 2 rings (SSSR count). The second kappa shape index (κ2) is 5.33. The molecule has 0 aromatic carbocycles. The van der Waals surface area contributed by atoms with E-state index in [9.17, 15) is 14.9 Å². The van der Waals surface area contributed by atoms with Crippen molar-refractivity contribution < 1.29 is 14.5 Å². The predicted octanol–water partition coefficient (Wildman–Crippen LogP) is -0.386. The molecule has 1 saturated heterocycles. The average Bonchev–Trinajstić information content (AvgIpc) is 2.67. The number of amides is 1. The summed E-state index contributed by atoms with van der Waals surface area (Å²) in [4.78, 5) is 22.4. The molecule has 104 valence electrons. The van der Waals surface area contributed by atoms with E-state index in [4.69, 9.17) is 4.74 Å². The standard InChI is InChI=1S/C10H15N5O4/c1-7-9(15(17)18)8(11-13(7)2)10(16)12-14-3-5-19-6-4-14/h3-6H2,1-2H3,(H,12,16). The molecule has 1 amide bonds. The highest BCUT2D eigenvalue weighted by Crippen LogP contribution is 2.21. The normalized spacial score (nSPS) is 16.3. The quantitative estimate of drug-likeness (QED) is 0.592. The maximum absolute atomic E-state index is 12.0. The zero-order valence-electron chi connectivity index (χ0n) is 10.8. The molecular weight excluding hydrogens is 254 g/mol. The third-order valence-electron chi connectivity index (χ3n) is 2.97. The number of aromatic nitrogens is 2. The predicted molar refractivity (Wildman–Crippen MR) is 64.5 cm³/mol. The summed E-state index contributed by atoms with van der Waals surface area (Å²) >= 11 is 0. The Morgan fingerprint density at radius 3 is 2.68 bits per heavy atom. The minimum atomic E-state index is -0.587. The Morgan fingerprint density at radius 2 is 2.11 bits per heavy atom. The first-order chi connectivity index (χ1) is 9.00. The molecule has 9 heteroatoms. The van der Waals surface area contributed by atoms with Gasteiger partial charge < -0.3 is 4.74 Å². The largest absolute Gasteiger partial charge is 0.379 e. The van der Waals surface area contributed by atoms with Crippen LogP contribution < -0.4 is 5.43 Å². The van der Waals surface area contributed by atoms with E-state index in [1.807, 2.05) is 0 Å². The first kappa shape index (κ1) is 13.4. The number of ether oxygens (including phenoxy) is 1. The number of hydrogen-bond acceptors (Lipinski definition) is 6. The number of nitrogens with one attached hydrogen (secondary N) is 1. The van der Waals surface area contributed by atoms with Gasteiger partial charge in [0.25, 0.3) is 5.91 Å². The van der Waals surface area contributed by atoms with Gasteiger partial charge in [-0.1, -0.05) is 0 Å². The highest BCUT2D eigenvalue weighted by Gasteiger charge is 2.29. The van der Waals surface area contributed by atoms with Crippen LogP contribution >= 0.6 is 0 Å². The Labute approximate surface area is 109 Å². The van der Waals surface area contributed by atoms with Crippen molar-refractivity contribution in [1.29, 1.82) is 0 Å². The first-order valence-corrected chi connectivity index (χ1v) is 5.82. The summed E-state index contributed by atoms with van der Waals surface area (Å²) < 4.78 is 6.48. The smallest absolute Gasteiger partial charge is 0.322 e. The molecule has 19 heavy (non-hydrogen) atoms. The Morgan fingerprint density at radius 1 is 1.47 bits per heavy atom. The van der Waals surface area contributed by atoms with Crippen LogP contribution in [-0.4, -0.2) is 51.9 Å². The molecule has 0 radical (unpaired) electrons. The number of rotatable bonds is 3. The van der Waals surface area contributed by atoms with E-state index >= 15 is 0 Å². The third-order valence-corrected chi connectivity index (χ3v) is 2.97. The van der Waals surface area contributed by atoms with Crippen LogP contribution in [-0.2, 0) is 11.8 Å².